The first-order valence-electron chi connectivity index (χ1n) is 12.6. The summed E-state index contributed by atoms with van der Waals surface area (Å²) in [4.78, 5) is 28.8. The van der Waals surface area contributed by atoms with Crippen LogP contribution < -0.4 is 10.1 Å². The Hall–Kier alpha value is -3.54. The summed E-state index contributed by atoms with van der Waals surface area (Å²) < 4.78 is 6.03. The molecule has 38 heavy (non-hydrogen) atoms. The zero-order chi connectivity index (χ0) is 26.9. The zero-order valence-electron chi connectivity index (χ0n) is 21.2. The molecule has 1 atom stereocenters. The van der Waals surface area contributed by atoms with E-state index < -0.39 is 6.04 Å². The molecule has 4 aromatic carbocycles. The molecule has 2 amide bonds. The van der Waals surface area contributed by atoms with Crippen molar-refractivity contribution in [3.63, 3.8) is 0 Å². The number of rotatable bonds is 11. The molecule has 0 radical (unpaired) electrons. The highest BCUT2D eigenvalue weighted by atomic mass is 35.5. The van der Waals surface area contributed by atoms with Crippen molar-refractivity contribution in [2.45, 2.75) is 32.4 Å². The lowest BCUT2D eigenvalue weighted by Crippen LogP contribution is -2.51. The van der Waals surface area contributed by atoms with Gasteiger partial charge in [0.2, 0.25) is 5.91 Å². The quantitative estimate of drug-likeness (QED) is 0.227. The fourth-order valence-electron chi connectivity index (χ4n) is 4.32. The molecule has 0 aliphatic carbocycles. The van der Waals surface area contributed by atoms with Crippen LogP contribution in [0.25, 0.3) is 10.8 Å². The Morgan fingerprint density at radius 3 is 2.26 bits per heavy atom. The minimum Gasteiger partial charge on any atom is -0.483 e. The van der Waals surface area contributed by atoms with Gasteiger partial charge in [-0.05, 0) is 35.6 Å². The fraction of sp³-hybridized carbons (Fsp3) is 0.226. The van der Waals surface area contributed by atoms with E-state index in [1.807, 2.05) is 79.7 Å². The SMILES string of the molecule is CCCNC(=O)[C@@H](Cc1ccccc1)N(Cc1c(Cl)cccc1Cl)C(=O)COc1cccc2ccccc12. The summed E-state index contributed by atoms with van der Waals surface area (Å²) in [6.45, 7) is 2.30. The van der Waals surface area contributed by atoms with Gasteiger partial charge in [-0.25, -0.2) is 0 Å². The Labute approximate surface area is 233 Å². The highest BCUT2D eigenvalue weighted by Crippen LogP contribution is 2.28. The first-order valence-corrected chi connectivity index (χ1v) is 13.4. The fourth-order valence-corrected chi connectivity index (χ4v) is 4.83. The van der Waals surface area contributed by atoms with Crippen LogP contribution in [0.1, 0.15) is 24.5 Å². The van der Waals surface area contributed by atoms with Crippen molar-refractivity contribution in [2.75, 3.05) is 13.2 Å². The average Bonchev–Trinajstić information content (AvgIpc) is 2.94. The van der Waals surface area contributed by atoms with Crippen molar-refractivity contribution in [3.05, 3.63) is 112 Å². The summed E-state index contributed by atoms with van der Waals surface area (Å²) in [6.07, 6.45) is 1.11. The number of halogens is 2. The maximum atomic E-state index is 13.8. The number of benzene rings is 4. The summed E-state index contributed by atoms with van der Waals surface area (Å²) in [5, 5.41) is 5.74. The number of nitrogens with one attached hydrogen (secondary N) is 1. The molecule has 0 saturated heterocycles. The van der Waals surface area contributed by atoms with Gasteiger partial charge in [-0.15, -0.1) is 0 Å². The van der Waals surface area contributed by atoms with Gasteiger partial charge in [0.1, 0.15) is 11.8 Å². The van der Waals surface area contributed by atoms with Crippen LogP contribution in [-0.2, 0) is 22.6 Å². The van der Waals surface area contributed by atoms with Crippen LogP contribution in [0.2, 0.25) is 10.0 Å². The molecule has 1 N–H and O–H groups in total. The van der Waals surface area contributed by atoms with Crippen molar-refractivity contribution in [1.82, 2.24) is 10.2 Å². The van der Waals surface area contributed by atoms with Crippen LogP contribution in [0.5, 0.6) is 5.75 Å². The van der Waals surface area contributed by atoms with Crippen LogP contribution in [0.4, 0.5) is 0 Å². The molecule has 0 bridgehead atoms. The third-order valence-electron chi connectivity index (χ3n) is 6.31. The van der Waals surface area contributed by atoms with Gasteiger partial charge in [-0.1, -0.05) is 103 Å². The summed E-state index contributed by atoms with van der Waals surface area (Å²) in [7, 11) is 0. The van der Waals surface area contributed by atoms with Crippen LogP contribution in [-0.4, -0.2) is 35.9 Å². The van der Waals surface area contributed by atoms with Crippen LogP contribution in [0.3, 0.4) is 0 Å². The monoisotopic (exact) mass is 548 g/mol. The van der Waals surface area contributed by atoms with E-state index in [4.69, 9.17) is 27.9 Å². The van der Waals surface area contributed by atoms with Crippen molar-refractivity contribution in [1.29, 1.82) is 0 Å². The minimum atomic E-state index is -0.792. The lowest BCUT2D eigenvalue weighted by atomic mass is 10.0. The lowest BCUT2D eigenvalue weighted by Gasteiger charge is -2.32. The van der Waals surface area contributed by atoms with Crippen LogP contribution in [0.15, 0.2) is 91.0 Å². The third kappa shape index (κ3) is 6.85. The molecule has 0 saturated carbocycles. The molecular weight excluding hydrogens is 519 g/mol. The first kappa shape index (κ1) is 27.5. The van der Waals surface area contributed by atoms with Crippen molar-refractivity contribution < 1.29 is 14.3 Å². The molecule has 0 heterocycles. The van der Waals surface area contributed by atoms with E-state index in [1.54, 1.807) is 18.2 Å². The minimum absolute atomic E-state index is 0.0628. The molecule has 0 fully saturated rings. The lowest BCUT2D eigenvalue weighted by molar-refractivity contribution is -0.142. The van der Waals surface area contributed by atoms with Crippen LogP contribution >= 0.6 is 23.2 Å². The Kier molecular flexibility index (Phi) is 9.63. The highest BCUT2D eigenvalue weighted by Gasteiger charge is 2.31. The van der Waals surface area contributed by atoms with Gasteiger partial charge < -0.3 is 15.0 Å². The van der Waals surface area contributed by atoms with E-state index in [-0.39, 0.29) is 25.0 Å². The van der Waals surface area contributed by atoms with Gasteiger partial charge in [-0.2, -0.15) is 0 Å². The second-order valence-corrected chi connectivity index (χ2v) is 9.80. The Balaban J connectivity index is 1.67. The van der Waals surface area contributed by atoms with Gasteiger partial charge in [0.15, 0.2) is 6.61 Å². The number of hydrogen-bond donors (Lipinski definition) is 1. The maximum absolute atomic E-state index is 13.8. The summed E-state index contributed by atoms with van der Waals surface area (Å²) in [5.74, 6) is 0.0149. The number of fused-ring (bicyclic) bond motifs is 1. The second kappa shape index (κ2) is 13.3. The normalized spacial score (nSPS) is 11.7. The molecule has 7 heteroatoms. The van der Waals surface area contributed by atoms with Crippen molar-refractivity contribution >= 4 is 45.8 Å². The molecule has 5 nitrogen and oxygen atoms in total. The molecule has 0 aliphatic rings. The highest BCUT2D eigenvalue weighted by molar-refractivity contribution is 6.36. The molecule has 0 spiro atoms. The van der Waals surface area contributed by atoms with E-state index in [9.17, 15) is 9.59 Å². The van der Waals surface area contributed by atoms with E-state index in [0.29, 0.717) is 34.3 Å². The second-order valence-electron chi connectivity index (χ2n) is 8.98. The number of carbonyl (C=O) groups excluding carboxylic acids is 2. The number of carbonyl (C=O) groups is 2. The van der Waals surface area contributed by atoms with Gasteiger partial charge >= 0.3 is 0 Å². The summed E-state index contributed by atoms with van der Waals surface area (Å²) >= 11 is 13.0. The van der Waals surface area contributed by atoms with E-state index in [0.717, 1.165) is 22.8 Å². The molecule has 4 aromatic rings. The number of amides is 2. The van der Waals surface area contributed by atoms with Crippen LogP contribution in [0, 0.1) is 0 Å². The van der Waals surface area contributed by atoms with Crippen molar-refractivity contribution in [3.8, 4) is 5.75 Å². The summed E-state index contributed by atoms with van der Waals surface area (Å²) in [6, 6.07) is 27.6. The molecule has 0 unspecified atom stereocenters. The zero-order valence-corrected chi connectivity index (χ0v) is 22.7. The van der Waals surface area contributed by atoms with Crippen molar-refractivity contribution in [2.24, 2.45) is 0 Å². The van der Waals surface area contributed by atoms with E-state index in [2.05, 4.69) is 5.32 Å². The maximum Gasteiger partial charge on any atom is 0.261 e. The molecule has 0 aromatic heterocycles. The predicted molar refractivity (Wildman–Crippen MR) is 154 cm³/mol. The van der Waals surface area contributed by atoms with Gasteiger partial charge in [0.05, 0.1) is 0 Å². The Morgan fingerprint density at radius 1 is 0.868 bits per heavy atom. The number of nitrogens with zero attached hydrogens (tertiary/aromatic N) is 1. The number of ether oxygens (including phenoxy) is 1. The standard InChI is InChI=1S/C31H30Cl2N2O3/c1-2-18-34-31(37)28(19-22-10-4-3-5-11-22)35(20-25-26(32)15-9-16-27(25)33)30(36)21-38-29-17-8-13-23-12-6-7-14-24(23)29/h3-17,28H,2,18-21H2,1H3,(H,34,37)/t28-/m1/s1. The largest absolute Gasteiger partial charge is 0.483 e. The number of hydrogen-bond acceptors (Lipinski definition) is 3. The Morgan fingerprint density at radius 2 is 1.53 bits per heavy atom. The molecule has 4 rings (SSSR count). The molecule has 0 aliphatic heterocycles. The smallest absolute Gasteiger partial charge is 0.261 e. The first-order chi connectivity index (χ1) is 18.5. The predicted octanol–water partition coefficient (Wildman–Crippen LogP) is 6.69. The topological polar surface area (TPSA) is 58.6 Å². The molecular formula is C31H30Cl2N2O3. The Bertz CT molecular complexity index is 1370. The van der Waals surface area contributed by atoms with Gasteiger partial charge in [-0.3, -0.25) is 9.59 Å². The third-order valence-corrected chi connectivity index (χ3v) is 7.02. The van der Waals surface area contributed by atoms with Gasteiger partial charge in [0, 0.05) is 40.5 Å². The van der Waals surface area contributed by atoms with Gasteiger partial charge in [0.25, 0.3) is 5.91 Å². The van der Waals surface area contributed by atoms with E-state index in [1.165, 1.54) is 4.90 Å². The van der Waals surface area contributed by atoms with E-state index >= 15 is 0 Å². The molecule has 196 valence electrons. The average molecular weight is 549 g/mol. The summed E-state index contributed by atoms with van der Waals surface area (Å²) in [5.41, 5.74) is 1.51.